The van der Waals surface area contributed by atoms with Crippen LogP contribution in [0.15, 0.2) is 30.3 Å². The molecular weight excluding hydrogens is 348 g/mol. The Morgan fingerprint density at radius 2 is 2.19 bits per heavy atom. The van der Waals surface area contributed by atoms with Crippen molar-refractivity contribution < 1.29 is 9.47 Å². The van der Waals surface area contributed by atoms with Crippen molar-refractivity contribution in [3.8, 4) is 5.75 Å². The van der Waals surface area contributed by atoms with Crippen molar-refractivity contribution in [3.63, 3.8) is 0 Å². The van der Waals surface area contributed by atoms with Gasteiger partial charge in [-0.3, -0.25) is 0 Å². The van der Waals surface area contributed by atoms with E-state index >= 15 is 0 Å². The topological polar surface area (TPSA) is 52.4 Å². The number of thiazole rings is 1. The van der Waals surface area contributed by atoms with Gasteiger partial charge in [0, 0.05) is 20.2 Å². The maximum Gasteiger partial charge on any atom is 0.188 e. The average Bonchev–Trinajstić information content (AvgIpc) is 3.35. The summed E-state index contributed by atoms with van der Waals surface area (Å²) in [5.74, 6) is 0.897. The van der Waals surface area contributed by atoms with Crippen molar-refractivity contribution in [2.45, 2.75) is 25.9 Å². The first-order valence-electron chi connectivity index (χ1n) is 9.05. The summed E-state index contributed by atoms with van der Waals surface area (Å²) in [4.78, 5) is 7.13. The summed E-state index contributed by atoms with van der Waals surface area (Å²) in [6.45, 7) is 5.14. The molecular formula is C19H24N4O2S. The molecule has 0 N–H and O–H groups in total. The van der Waals surface area contributed by atoms with Gasteiger partial charge in [0.2, 0.25) is 0 Å². The molecule has 3 aromatic rings. The second-order valence-corrected chi connectivity index (χ2v) is 7.58. The average molecular weight is 372 g/mol. The summed E-state index contributed by atoms with van der Waals surface area (Å²) >= 11 is 1.70. The van der Waals surface area contributed by atoms with Crippen LogP contribution in [0.4, 0.5) is 5.13 Å². The quantitative estimate of drug-likeness (QED) is 0.636. The van der Waals surface area contributed by atoms with Crippen LogP contribution >= 0.6 is 11.3 Å². The zero-order valence-electron chi connectivity index (χ0n) is 15.2. The van der Waals surface area contributed by atoms with Crippen molar-refractivity contribution in [1.82, 2.24) is 14.8 Å². The van der Waals surface area contributed by atoms with E-state index in [0.717, 1.165) is 59.5 Å². The third-order valence-corrected chi connectivity index (χ3v) is 5.84. The number of anilines is 1. The van der Waals surface area contributed by atoms with E-state index in [9.17, 15) is 0 Å². The summed E-state index contributed by atoms with van der Waals surface area (Å²) in [6, 6.07) is 9.94. The highest BCUT2D eigenvalue weighted by Gasteiger charge is 2.23. The molecule has 2 aromatic heterocycles. The highest BCUT2D eigenvalue weighted by atomic mass is 32.1. The molecule has 138 valence electrons. The zero-order valence-corrected chi connectivity index (χ0v) is 16.0. The Labute approximate surface area is 157 Å². The van der Waals surface area contributed by atoms with Crippen LogP contribution in [0, 0.1) is 6.92 Å². The second-order valence-electron chi connectivity index (χ2n) is 6.60. The Bertz CT molecular complexity index is 821. The van der Waals surface area contributed by atoms with Gasteiger partial charge in [0.25, 0.3) is 0 Å². The lowest BCUT2D eigenvalue weighted by Gasteiger charge is -2.24. The van der Waals surface area contributed by atoms with Crippen LogP contribution in [0.3, 0.4) is 0 Å². The number of aryl methyl sites for hydroxylation is 2. The van der Waals surface area contributed by atoms with Crippen molar-refractivity contribution in [2.24, 2.45) is 7.05 Å². The van der Waals surface area contributed by atoms with E-state index in [1.807, 2.05) is 49.0 Å². The number of ether oxygens (including phenoxy) is 2. The highest BCUT2D eigenvalue weighted by Crippen LogP contribution is 2.31. The lowest BCUT2D eigenvalue weighted by Crippen LogP contribution is -2.35. The summed E-state index contributed by atoms with van der Waals surface area (Å²) in [5.41, 5.74) is 1.98. The zero-order chi connectivity index (χ0) is 17.9. The monoisotopic (exact) mass is 372 g/mol. The molecule has 1 fully saturated rings. The minimum atomic E-state index is 0.276. The van der Waals surface area contributed by atoms with E-state index in [4.69, 9.17) is 14.5 Å². The third-order valence-electron chi connectivity index (χ3n) is 4.62. The number of hydrogen-bond acceptors (Lipinski definition) is 6. The van der Waals surface area contributed by atoms with Gasteiger partial charge in [-0.2, -0.15) is 5.10 Å². The molecule has 1 aliphatic rings. The number of benzene rings is 1. The smallest absolute Gasteiger partial charge is 0.188 e. The van der Waals surface area contributed by atoms with Crippen LogP contribution in [0.5, 0.6) is 5.75 Å². The standard InChI is InChI=1S/C19H24N4O2S/c1-14-17-18(22(2)21-14)20-19(26-17)23(13-16-9-6-11-24-16)10-12-25-15-7-4-3-5-8-15/h3-5,7-8,16H,6,9-13H2,1-2H3. The van der Waals surface area contributed by atoms with Gasteiger partial charge in [0.05, 0.1) is 23.0 Å². The molecule has 0 aliphatic carbocycles. The molecule has 0 radical (unpaired) electrons. The molecule has 0 bridgehead atoms. The Balaban J connectivity index is 1.50. The van der Waals surface area contributed by atoms with Gasteiger partial charge in [-0.15, -0.1) is 0 Å². The van der Waals surface area contributed by atoms with Crippen LogP contribution in [0.25, 0.3) is 10.3 Å². The fourth-order valence-electron chi connectivity index (χ4n) is 3.30. The summed E-state index contributed by atoms with van der Waals surface area (Å²) in [5, 5.41) is 5.47. The molecule has 0 spiro atoms. The van der Waals surface area contributed by atoms with Crippen molar-refractivity contribution in [1.29, 1.82) is 0 Å². The number of aromatic nitrogens is 3. The minimum Gasteiger partial charge on any atom is -0.492 e. The summed E-state index contributed by atoms with van der Waals surface area (Å²) in [7, 11) is 1.95. The fourth-order valence-corrected chi connectivity index (χ4v) is 4.37. The molecule has 1 aromatic carbocycles. The van der Waals surface area contributed by atoms with Crippen LogP contribution in [-0.2, 0) is 11.8 Å². The number of fused-ring (bicyclic) bond motifs is 1. The first kappa shape index (κ1) is 17.3. The van der Waals surface area contributed by atoms with Crippen LogP contribution < -0.4 is 9.64 Å². The molecule has 3 heterocycles. The predicted molar refractivity (Wildman–Crippen MR) is 104 cm³/mol. The summed E-state index contributed by atoms with van der Waals surface area (Å²) in [6.07, 6.45) is 2.53. The van der Waals surface area contributed by atoms with Crippen molar-refractivity contribution in [2.75, 3.05) is 31.2 Å². The van der Waals surface area contributed by atoms with Gasteiger partial charge >= 0.3 is 0 Å². The SMILES string of the molecule is Cc1nn(C)c2nc(N(CCOc3ccccc3)CC3CCCO3)sc12. The molecule has 4 rings (SSSR count). The molecule has 0 saturated carbocycles. The first-order valence-corrected chi connectivity index (χ1v) is 9.87. The first-order chi connectivity index (χ1) is 12.7. The van der Waals surface area contributed by atoms with Gasteiger partial charge in [0.15, 0.2) is 10.8 Å². The van der Waals surface area contributed by atoms with E-state index in [-0.39, 0.29) is 6.10 Å². The lowest BCUT2D eigenvalue weighted by molar-refractivity contribution is 0.115. The van der Waals surface area contributed by atoms with Gasteiger partial charge < -0.3 is 14.4 Å². The normalized spacial score (nSPS) is 17.1. The van der Waals surface area contributed by atoms with E-state index in [0.29, 0.717) is 6.61 Å². The molecule has 1 aliphatic heterocycles. The van der Waals surface area contributed by atoms with Crippen molar-refractivity contribution in [3.05, 3.63) is 36.0 Å². The highest BCUT2D eigenvalue weighted by molar-refractivity contribution is 7.22. The Morgan fingerprint density at radius 1 is 1.35 bits per heavy atom. The van der Waals surface area contributed by atoms with Gasteiger partial charge in [0.1, 0.15) is 12.4 Å². The second kappa shape index (κ2) is 7.63. The molecule has 26 heavy (non-hydrogen) atoms. The fraction of sp³-hybridized carbons (Fsp3) is 0.474. The van der Waals surface area contributed by atoms with E-state index in [1.165, 1.54) is 0 Å². The number of hydrogen-bond donors (Lipinski definition) is 0. The molecule has 6 nitrogen and oxygen atoms in total. The van der Waals surface area contributed by atoms with Crippen LogP contribution in [-0.4, -0.2) is 47.2 Å². The Morgan fingerprint density at radius 3 is 2.92 bits per heavy atom. The summed E-state index contributed by atoms with van der Waals surface area (Å²) < 4.78 is 14.8. The maximum absolute atomic E-state index is 5.90. The Kier molecular flexibility index (Phi) is 5.08. The number of para-hydroxylation sites is 1. The number of rotatable bonds is 7. The van der Waals surface area contributed by atoms with E-state index < -0.39 is 0 Å². The number of nitrogens with zero attached hydrogens (tertiary/aromatic N) is 4. The Hall–Kier alpha value is -2.12. The van der Waals surface area contributed by atoms with E-state index in [2.05, 4.69) is 10.00 Å². The lowest BCUT2D eigenvalue weighted by atomic mass is 10.2. The van der Waals surface area contributed by atoms with Gasteiger partial charge in [-0.1, -0.05) is 29.5 Å². The molecule has 0 amide bonds. The van der Waals surface area contributed by atoms with E-state index in [1.54, 1.807) is 11.3 Å². The molecule has 7 heteroatoms. The minimum absolute atomic E-state index is 0.276. The van der Waals surface area contributed by atoms with Crippen molar-refractivity contribution >= 4 is 26.8 Å². The van der Waals surface area contributed by atoms with Crippen LogP contribution in [0.1, 0.15) is 18.5 Å². The molecule has 1 saturated heterocycles. The largest absolute Gasteiger partial charge is 0.492 e. The van der Waals surface area contributed by atoms with Crippen LogP contribution in [0.2, 0.25) is 0 Å². The van der Waals surface area contributed by atoms with Gasteiger partial charge in [-0.05, 0) is 31.9 Å². The molecule has 1 unspecified atom stereocenters. The predicted octanol–water partition coefficient (Wildman–Crippen LogP) is 3.40. The third kappa shape index (κ3) is 3.68. The maximum atomic E-state index is 5.90. The molecule has 1 atom stereocenters. The van der Waals surface area contributed by atoms with Gasteiger partial charge in [-0.25, -0.2) is 9.67 Å².